The minimum absolute atomic E-state index is 0.0434. The molecule has 2 fully saturated rings. The van der Waals surface area contributed by atoms with Crippen molar-refractivity contribution < 1.29 is 24.1 Å². The van der Waals surface area contributed by atoms with Gasteiger partial charge in [-0.25, -0.2) is 9.80 Å². The summed E-state index contributed by atoms with van der Waals surface area (Å²) in [6.07, 6.45) is 0.815. The number of aliphatic hydroxyl groups is 1. The number of ether oxygens (including phenoxy) is 3. The first-order valence-electron chi connectivity index (χ1n) is 13.0. The molecule has 9 nitrogen and oxygen atoms in total. The predicted molar refractivity (Wildman–Crippen MR) is 141 cm³/mol. The lowest BCUT2D eigenvalue weighted by molar-refractivity contribution is -0.0907. The molecule has 0 bridgehead atoms. The summed E-state index contributed by atoms with van der Waals surface area (Å²) in [5.41, 5.74) is 3.91. The summed E-state index contributed by atoms with van der Waals surface area (Å²) in [4.78, 5) is 17.2. The second-order valence-corrected chi connectivity index (χ2v) is 9.82. The zero-order valence-electron chi connectivity index (χ0n) is 21.2. The molecular formula is C29H34N4O5. The molecule has 0 saturated carbocycles. The highest BCUT2D eigenvalue weighted by atomic mass is 16.7. The highest BCUT2D eigenvalue weighted by molar-refractivity contribution is 5.68. The molecule has 5 rings (SSSR count). The first-order chi connectivity index (χ1) is 18.5. The molecule has 2 aliphatic heterocycles. The zero-order chi connectivity index (χ0) is 26.3. The highest BCUT2D eigenvalue weighted by Gasteiger charge is 2.44. The topological polar surface area (TPSA) is 119 Å². The van der Waals surface area contributed by atoms with Crippen molar-refractivity contribution in [2.24, 2.45) is 11.8 Å². The van der Waals surface area contributed by atoms with E-state index in [1.165, 1.54) is 0 Å². The van der Waals surface area contributed by atoms with E-state index in [-0.39, 0.29) is 24.9 Å². The second-order valence-electron chi connectivity index (χ2n) is 9.82. The molecule has 38 heavy (non-hydrogen) atoms. The fraction of sp³-hybridized carbons (Fsp3) is 0.379. The van der Waals surface area contributed by atoms with E-state index < -0.39 is 18.2 Å². The van der Waals surface area contributed by atoms with Gasteiger partial charge in [0.2, 0.25) is 0 Å². The smallest absolute Gasteiger partial charge is 0.407 e. The number of hydrogen-bond acceptors (Lipinski definition) is 8. The molecule has 5 unspecified atom stereocenters. The lowest BCUT2D eigenvalue weighted by Gasteiger charge is -2.28. The molecule has 2 aliphatic rings. The minimum Gasteiger partial charge on any atom is -0.443 e. The van der Waals surface area contributed by atoms with Gasteiger partial charge in [0.05, 0.1) is 37.0 Å². The molecule has 2 saturated heterocycles. The number of aliphatic hydroxyl groups excluding tert-OH is 1. The molecule has 1 amide bonds. The van der Waals surface area contributed by atoms with E-state index in [2.05, 4.69) is 10.3 Å². The number of hydrazine groups is 1. The van der Waals surface area contributed by atoms with E-state index >= 15 is 0 Å². The van der Waals surface area contributed by atoms with Crippen LogP contribution in [-0.2, 0) is 27.2 Å². The maximum Gasteiger partial charge on any atom is 0.407 e. The van der Waals surface area contributed by atoms with Gasteiger partial charge in [0, 0.05) is 24.8 Å². The van der Waals surface area contributed by atoms with Crippen LogP contribution in [0.2, 0.25) is 0 Å². The van der Waals surface area contributed by atoms with Gasteiger partial charge in [0.15, 0.2) is 6.29 Å². The van der Waals surface area contributed by atoms with Gasteiger partial charge in [-0.1, -0.05) is 60.7 Å². The highest BCUT2D eigenvalue weighted by Crippen LogP contribution is 2.33. The Kier molecular flexibility index (Phi) is 8.62. The lowest BCUT2D eigenvalue weighted by Crippen LogP contribution is -2.51. The fourth-order valence-electron chi connectivity index (χ4n) is 5.00. The van der Waals surface area contributed by atoms with Crippen molar-refractivity contribution in [2.45, 2.75) is 43.9 Å². The van der Waals surface area contributed by atoms with Gasteiger partial charge < -0.3 is 24.6 Å². The van der Waals surface area contributed by atoms with Crippen LogP contribution >= 0.6 is 0 Å². The molecule has 3 aromatic rings. The average Bonchev–Trinajstić information content (AvgIpc) is 3.55. The number of nitrogens with one attached hydrogen (secondary N) is 1. The molecule has 2 aromatic carbocycles. The molecule has 3 heterocycles. The number of nitrogens with two attached hydrogens (primary N) is 1. The zero-order valence-corrected chi connectivity index (χ0v) is 21.2. The molecular weight excluding hydrogens is 484 g/mol. The van der Waals surface area contributed by atoms with Crippen molar-refractivity contribution in [3.8, 4) is 11.3 Å². The standard InChI is InChI=1S/C29H34N4O5/c30-33(17-21-9-11-22(12-10-21)24-8-4-5-14-31-24)18-26(34)25(16-20-6-2-1-3-7-20)32-29(35)38-27-19-37-28-23(27)13-15-36-28/h1-12,14,23,25-28,34H,13,15-19,30H2,(H,32,35). The van der Waals surface area contributed by atoms with Crippen molar-refractivity contribution in [3.05, 3.63) is 90.1 Å². The fourth-order valence-corrected chi connectivity index (χ4v) is 5.00. The van der Waals surface area contributed by atoms with Gasteiger partial charge in [-0.2, -0.15) is 0 Å². The van der Waals surface area contributed by atoms with Crippen molar-refractivity contribution in [1.82, 2.24) is 15.3 Å². The van der Waals surface area contributed by atoms with Crippen LogP contribution < -0.4 is 11.2 Å². The minimum atomic E-state index is -0.928. The Labute approximate surface area is 222 Å². The molecule has 5 atom stereocenters. The van der Waals surface area contributed by atoms with Gasteiger partial charge in [-0.05, 0) is 36.1 Å². The Hall–Kier alpha value is -3.34. The van der Waals surface area contributed by atoms with E-state index in [0.29, 0.717) is 26.2 Å². The summed E-state index contributed by atoms with van der Waals surface area (Å²) < 4.78 is 16.8. The van der Waals surface area contributed by atoms with E-state index in [1.54, 1.807) is 11.2 Å². The predicted octanol–water partition coefficient (Wildman–Crippen LogP) is 2.88. The number of hydrogen-bond donors (Lipinski definition) is 3. The Bertz CT molecular complexity index is 1160. The number of aromatic nitrogens is 1. The second kappa shape index (κ2) is 12.5. The molecule has 0 radical (unpaired) electrons. The Morgan fingerprint density at radius 2 is 1.87 bits per heavy atom. The quantitative estimate of drug-likeness (QED) is 0.277. The number of rotatable bonds is 10. The third-order valence-corrected chi connectivity index (χ3v) is 7.03. The summed E-state index contributed by atoms with van der Waals surface area (Å²) in [5.74, 6) is 6.34. The number of fused-ring (bicyclic) bond motifs is 1. The Morgan fingerprint density at radius 3 is 2.63 bits per heavy atom. The third kappa shape index (κ3) is 6.75. The number of amides is 1. The molecule has 1 aromatic heterocycles. The number of carbonyl (C=O) groups is 1. The van der Waals surface area contributed by atoms with Crippen LogP contribution in [0.4, 0.5) is 4.79 Å². The van der Waals surface area contributed by atoms with Crippen molar-refractivity contribution >= 4 is 6.09 Å². The lowest BCUT2D eigenvalue weighted by atomic mass is 10.0. The van der Waals surface area contributed by atoms with Crippen LogP contribution in [0, 0.1) is 5.92 Å². The van der Waals surface area contributed by atoms with Gasteiger partial charge in [0.1, 0.15) is 6.10 Å². The Balaban J connectivity index is 1.19. The Morgan fingerprint density at radius 1 is 1.08 bits per heavy atom. The summed E-state index contributed by atoms with van der Waals surface area (Å²) >= 11 is 0. The van der Waals surface area contributed by atoms with Crippen LogP contribution in [0.25, 0.3) is 11.3 Å². The molecule has 0 aliphatic carbocycles. The van der Waals surface area contributed by atoms with Gasteiger partial charge in [0.25, 0.3) is 0 Å². The normalized spacial score (nSPS) is 22.1. The number of nitrogens with zero attached hydrogens (tertiary/aromatic N) is 2. The molecule has 0 spiro atoms. The third-order valence-electron chi connectivity index (χ3n) is 7.03. The van der Waals surface area contributed by atoms with E-state index in [0.717, 1.165) is 28.8 Å². The van der Waals surface area contributed by atoms with Crippen LogP contribution in [-0.4, -0.2) is 65.5 Å². The first-order valence-corrected chi connectivity index (χ1v) is 13.0. The monoisotopic (exact) mass is 518 g/mol. The van der Waals surface area contributed by atoms with Gasteiger partial charge in [-0.15, -0.1) is 0 Å². The number of pyridine rings is 1. The van der Waals surface area contributed by atoms with Gasteiger partial charge in [-0.3, -0.25) is 10.8 Å². The first kappa shape index (κ1) is 26.3. The van der Waals surface area contributed by atoms with E-state index in [9.17, 15) is 9.90 Å². The number of alkyl carbamates (subject to hydrolysis) is 1. The molecule has 9 heteroatoms. The summed E-state index contributed by atoms with van der Waals surface area (Å²) in [6.45, 7) is 1.50. The average molecular weight is 519 g/mol. The summed E-state index contributed by atoms with van der Waals surface area (Å²) in [5, 5.41) is 15.5. The van der Waals surface area contributed by atoms with Crippen molar-refractivity contribution in [2.75, 3.05) is 19.8 Å². The van der Waals surface area contributed by atoms with Crippen LogP contribution in [0.3, 0.4) is 0 Å². The van der Waals surface area contributed by atoms with Gasteiger partial charge >= 0.3 is 6.09 Å². The number of benzene rings is 2. The van der Waals surface area contributed by atoms with E-state index in [4.69, 9.17) is 20.1 Å². The van der Waals surface area contributed by atoms with Crippen LogP contribution in [0.1, 0.15) is 17.5 Å². The SMILES string of the molecule is NN(Cc1ccc(-c2ccccn2)cc1)CC(O)C(Cc1ccccc1)NC(=O)OC1COC2OCCC12. The summed E-state index contributed by atoms with van der Waals surface area (Å²) in [6, 6.07) is 22.9. The number of carbonyl (C=O) groups excluding carboxylic acids is 1. The van der Waals surface area contributed by atoms with Crippen molar-refractivity contribution in [3.63, 3.8) is 0 Å². The molecule has 4 N–H and O–H groups in total. The van der Waals surface area contributed by atoms with Crippen LogP contribution in [0.5, 0.6) is 0 Å². The van der Waals surface area contributed by atoms with E-state index in [1.807, 2.05) is 72.8 Å². The summed E-state index contributed by atoms with van der Waals surface area (Å²) in [7, 11) is 0. The maximum atomic E-state index is 12.8. The maximum absolute atomic E-state index is 12.8. The largest absolute Gasteiger partial charge is 0.443 e. The van der Waals surface area contributed by atoms with Crippen LogP contribution in [0.15, 0.2) is 79.0 Å². The van der Waals surface area contributed by atoms with Crippen molar-refractivity contribution in [1.29, 1.82) is 0 Å². The molecule has 200 valence electrons.